The predicted molar refractivity (Wildman–Crippen MR) is 69.5 cm³/mol. The minimum atomic E-state index is 0.0741. The number of nitrogens with zero attached hydrogens (tertiary/aromatic N) is 2. The molecule has 1 heterocycles. The summed E-state index contributed by atoms with van der Waals surface area (Å²) in [7, 11) is 1.92. The summed E-state index contributed by atoms with van der Waals surface area (Å²) in [5, 5.41) is 7.19. The molecule has 0 saturated heterocycles. The average Bonchev–Trinajstić information content (AvgIpc) is 3.16. The molecule has 0 unspecified atom stereocenters. The van der Waals surface area contributed by atoms with E-state index in [4.69, 9.17) is 0 Å². The zero-order valence-electron chi connectivity index (χ0n) is 11.0. The fraction of sp³-hybridized carbons (Fsp3) is 0.714. The molecule has 98 valence electrons. The summed E-state index contributed by atoms with van der Waals surface area (Å²) < 4.78 is 0. The van der Waals surface area contributed by atoms with Gasteiger partial charge in [0.1, 0.15) is 5.69 Å². The number of hydrogen-bond donors (Lipinski definition) is 1. The number of amides is 1. The van der Waals surface area contributed by atoms with E-state index in [1.165, 1.54) is 32.1 Å². The molecule has 0 aromatic carbocycles. The lowest BCUT2D eigenvalue weighted by molar-refractivity contribution is 0.0690. The average molecular weight is 247 g/mol. The topological polar surface area (TPSA) is 49.0 Å². The van der Waals surface area contributed by atoms with Crippen LogP contribution in [0.15, 0.2) is 6.07 Å². The molecule has 1 aromatic rings. The van der Waals surface area contributed by atoms with E-state index in [1.54, 1.807) is 0 Å². The molecule has 0 atom stereocenters. The number of hydrogen-bond acceptors (Lipinski definition) is 2. The maximum Gasteiger partial charge on any atom is 0.274 e. The van der Waals surface area contributed by atoms with Crippen LogP contribution in [-0.2, 0) is 0 Å². The Bertz CT molecular complexity index is 430. The summed E-state index contributed by atoms with van der Waals surface area (Å²) in [5.74, 6) is 0.698. The Morgan fingerprint density at radius 2 is 2.00 bits per heavy atom. The van der Waals surface area contributed by atoms with Crippen molar-refractivity contribution in [3.8, 4) is 0 Å². The van der Waals surface area contributed by atoms with E-state index in [-0.39, 0.29) is 5.91 Å². The highest BCUT2D eigenvalue weighted by Crippen LogP contribution is 2.39. The first-order chi connectivity index (χ1) is 8.75. The number of aromatic amines is 1. The van der Waals surface area contributed by atoms with Gasteiger partial charge in [-0.3, -0.25) is 9.89 Å². The number of carbonyl (C=O) groups excluding carboxylic acids is 1. The lowest BCUT2D eigenvalue weighted by Gasteiger charge is -2.30. The summed E-state index contributed by atoms with van der Waals surface area (Å²) in [5.41, 5.74) is 1.72. The molecule has 2 aliphatic carbocycles. The van der Waals surface area contributed by atoms with Crippen molar-refractivity contribution in [3.05, 3.63) is 17.5 Å². The van der Waals surface area contributed by atoms with Crippen molar-refractivity contribution in [3.63, 3.8) is 0 Å². The molecule has 18 heavy (non-hydrogen) atoms. The monoisotopic (exact) mass is 247 g/mol. The molecule has 0 aliphatic heterocycles. The van der Waals surface area contributed by atoms with Gasteiger partial charge >= 0.3 is 0 Å². The van der Waals surface area contributed by atoms with E-state index in [2.05, 4.69) is 10.2 Å². The van der Waals surface area contributed by atoms with Crippen LogP contribution in [0.3, 0.4) is 0 Å². The Balaban J connectivity index is 1.67. The second-order valence-electron chi connectivity index (χ2n) is 5.69. The highest BCUT2D eigenvalue weighted by atomic mass is 16.2. The molecule has 1 amide bonds. The summed E-state index contributed by atoms with van der Waals surface area (Å²) in [4.78, 5) is 14.2. The van der Waals surface area contributed by atoms with Crippen molar-refractivity contribution in [1.29, 1.82) is 0 Å². The molecule has 0 radical (unpaired) electrons. The number of carbonyl (C=O) groups is 1. The van der Waals surface area contributed by atoms with E-state index < -0.39 is 0 Å². The summed E-state index contributed by atoms with van der Waals surface area (Å²) in [6.45, 7) is 0. The lowest BCUT2D eigenvalue weighted by atomic mass is 9.94. The van der Waals surface area contributed by atoms with Gasteiger partial charge in [-0.15, -0.1) is 0 Å². The quantitative estimate of drug-likeness (QED) is 0.892. The third-order valence-electron chi connectivity index (χ3n) is 4.28. The van der Waals surface area contributed by atoms with E-state index in [1.807, 2.05) is 18.0 Å². The molecule has 0 bridgehead atoms. The van der Waals surface area contributed by atoms with Crippen molar-refractivity contribution < 1.29 is 4.79 Å². The van der Waals surface area contributed by atoms with E-state index in [0.717, 1.165) is 18.5 Å². The number of H-pyrrole nitrogens is 1. The van der Waals surface area contributed by atoms with Gasteiger partial charge in [-0.05, 0) is 31.7 Å². The summed E-state index contributed by atoms with van der Waals surface area (Å²) in [6.07, 6.45) is 8.55. The first-order valence-electron chi connectivity index (χ1n) is 7.08. The molecule has 2 saturated carbocycles. The Kier molecular flexibility index (Phi) is 3.10. The van der Waals surface area contributed by atoms with Gasteiger partial charge in [0.15, 0.2) is 0 Å². The summed E-state index contributed by atoms with van der Waals surface area (Å²) >= 11 is 0. The van der Waals surface area contributed by atoms with Crippen LogP contribution in [0.2, 0.25) is 0 Å². The van der Waals surface area contributed by atoms with Crippen molar-refractivity contribution in [2.45, 2.75) is 56.9 Å². The predicted octanol–water partition coefficient (Wildman–Crippen LogP) is 2.69. The van der Waals surface area contributed by atoms with Crippen LogP contribution in [-0.4, -0.2) is 34.1 Å². The molecule has 1 aromatic heterocycles. The van der Waals surface area contributed by atoms with Crippen molar-refractivity contribution in [1.82, 2.24) is 15.1 Å². The number of rotatable bonds is 3. The van der Waals surface area contributed by atoms with Crippen LogP contribution >= 0.6 is 0 Å². The molecule has 0 spiro atoms. The molecule has 4 nitrogen and oxygen atoms in total. The van der Waals surface area contributed by atoms with Crippen molar-refractivity contribution in [2.24, 2.45) is 0 Å². The molecular weight excluding hydrogens is 226 g/mol. The van der Waals surface area contributed by atoms with Gasteiger partial charge in [0.2, 0.25) is 0 Å². The Labute approximate surface area is 108 Å². The smallest absolute Gasteiger partial charge is 0.274 e. The van der Waals surface area contributed by atoms with Crippen LogP contribution < -0.4 is 0 Å². The number of aromatic nitrogens is 2. The van der Waals surface area contributed by atoms with Gasteiger partial charge in [-0.2, -0.15) is 5.10 Å². The molecule has 3 rings (SSSR count). The van der Waals surface area contributed by atoms with Gasteiger partial charge in [-0.1, -0.05) is 19.3 Å². The third kappa shape index (κ3) is 2.28. The normalized spacial score (nSPS) is 20.9. The largest absolute Gasteiger partial charge is 0.337 e. The summed E-state index contributed by atoms with van der Waals surface area (Å²) in [6, 6.07) is 2.35. The van der Waals surface area contributed by atoms with Crippen LogP contribution in [0, 0.1) is 0 Å². The molecule has 4 heteroatoms. The fourth-order valence-electron chi connectivity index (χ4n) is 2.86. The van der Waals surface area contributed by atoms with E-state index in [9.17, 15) is 4.79 Å². The Hall–Kier alpha value is -1.32. The minimum Gasteiger partial charge on any atom is -0.337 e. The van der Waals surface area contributed by atoms with Crippen molar-refractivity contribution in [2.75, 3.05) is 7.05 Å². The third-order valence-corrected chi connectivity index (χ3v) is 4.28. The van der Waals surface area contributed by atoms with Gasteiger partial charge < -0.3 is 4.90 Å². The maximum atomic E-state index is 12.3. The first-order valence-corrected chi connectivity index (χ1v) is 7.08. The van der Waals surface area contributed by atoms with Gasteiger partial charge in [0.25, 0.3) is 5.91 Å². The van der Waals surface area contributed by atoms with E-state index in [0.29, 0.717) is 17.7 Å². The molecular formula is C14H21N3O. The van der Waals surface area contributed by atoms with Gasteiger partial charge in [0.05, 0.1) is 0 Å². The highest BCUT2D eigenvalue weighted by molar-refractivity contribution is 5.92. The van der Waals surface area contributed by atoms with Crippen LogP contribution in [0.5, 0.6) is 0 Å². The van der Waals surface area contributed by atoms with Crippen LogP contribution in [0.25, 0.3) is 0 Å². The molecule has 2 fully saturated rings. The van der Waals surface area contributed by atoms with E-state index >= 15 is 0 Å². The highest BCUT2D eigenvalue weighted by Gasteiger charge is 2.28. The second-order valence-corrected chi connectivity index (χ2v) is 5.69. The second kappa shape index (κ2) is 4.75. The first kappa shape index (κ1) is 11.8. The lowest BCUT2D eigenvalue weighted by Crippen LogP contribution is -2.38. The fourth-order valence-corrected chi connectivity index (χ4v) is 2.86. The van der Waals surface area contributed by atoms with Crippen LogP contribution in [0.1, 0.15) is 67.0 Å². The van der Waals surface area contributed by atoms with Crippen LogP contribution in [0.4, 0.5) is 0 Å². The Morgan fingerprint density at radius 3 is 2.67 bits per heavy atom. The van der Waals surface area contributed by atoms with Gasteiger partial charge in [-0.25, -0.2) is 0 Å². The standard InChI is InChI=1S/C14H21N3O/c1-17(11-5-3-2-4-6-11)14(18)13-9-12(15-16-13)10-7-8-10/h9-11H,2-8H2,1H3,(H,15,16). The molecule has 1 N–H and O–H groups in total. The zero-order chi connectivity index (χ0) is 12.5. The molecule has 2 aliphatic rings. The SMILES string of the molecule is CN(C(=O)c1cc(C2CC2)[nH]n1)C1CCCCC1. The minimum absolute atomic E-state index is 0.0741. The Morgan fingerprint density at radius 1 is 1.28 bits per heavy atom. The van der Waals surface area contributed by atoms with Crippen molar-refractivity contribution >= 4 is 5.91 Å². The van der Waals surface area contributed by atoms with Gasteiger partial charge in [0, 0.05) is 24.7 Å². The number of nitrogens with one attached hydrogen (secondary N) is 1. The maximum absolute atomic E-state index is 12.3. The zero-order valence-corrected chi connectivity index (χ0v) is 11.0.